The lowest BCUT2D eigenvalue weighted by molar-refractivity contribution is -0.118. The summed E-state index contributed by atoms with van der Waals surface area (Å²) >= 11 is 0. The Labute approximate surface area is 170 Å². The van der Waals surface area contributed by atoms with Crippen molar-refractivity contribution in [3.8, 4) is 0 Å². The van der Waals surface area contributed by atoms with Crippen molar-refractivity contribution in [2.45, 2.75) is 25.7 Å². The fraction of sp³-hybridized carbons (Fsp3) is 0.300. The van der Waals surface area contributed by atoms with E-state index in [1.165, 1.54) is 38.4 Å². The van der Waals surface area contributed by atoms with E-state index in [0.717, 1.165) is 10.0 Å². The minimum atomic E-state index is -3.78. The van der Waals surface area contributed by atoms with Crippen LogP contribution in [0.5, 0.6) is 0 Å². The molecule has 0 bridgehead atoms. The minimum absolute atomic E-state index is 0.00738. The van der Waals surface area contributed by atoms with E-state index >= 15 is 0 Å². The Bertz CT molecular complexity index is 1000. The van der Waals surface area contributed by atoms with Crippen molar-refractivity contribution in [2.24, 2.45) is 5.92 Å². The fourth-order valence-electron chi connectivity index (χ4n) is 2.34. The molecule has 0 radical (unpaired) electrons. The average molecular weight is 420 g/mol. The van der Waals surface area contributed by atoms with Crippen LogP contribution in [-0.4, -0.2) is 38.9 Å². The van der Waals surface area contributed by atoms with Crippen LogP contribution >= 0.6 is 0 Å². The molecule has 29 heavy (non-hydrogen) atoms. The highest BCUT2D eigenvalue weighted by molar-refractivity contribution is 7.89. The molecule has 0 spiro atoms. The van der Waals surface area contributed by atoms with Gasteiger partial charge in [0.15, 0.2) is 0 Å². The van der Waals surface area contributed by atoms with Crippen LogP contribution in [0.4, 0.5) is 11.4 Å². The van der Waals surface area contributed by atoms with Crippen molar-refractivity contribution >= 4 is 33.2 Å². The number of nitrogens with zero attached hydrogens (tertiary/aromatic N) is 1. The molecule has 2 rings (SSSR count). The van der Waals surface area contributed by atoms with Gasteiger partial charge < -0.3 is 10.6 Å². The van der Waals surface area contributed by atoms with Crippen LogP contribution in [0.3, 0.4) is 0 Å². The van der Waals surface area contributed by atoms with Gasteiger partial charge in [-0.3, -0.25) is 14.4 Å². The van der Waals surface area contributed by atoms with Gasteiger partial charge in [-0.2, -0.15) is 0 Å². The van der Waals surface area contributed by atoms with Crippen LogP contribution in [0.1, 0.15) is 29.8 Å². The highest BCUT2D eigenvalue weighted by Gasteiger charge is 2.21. The Hall–Kier alpha value is -2.75. The van der Waals surface area contributed by atoms with Crippen LogP contribution in [0.15, 0.2) is 47.4 Å². The molecule has 0 aliphatic heterocycles. The highest BCUT2D eigenvalue weighted by atomic mass is 32.2. The molecule has 0 aromatic heterocycles. The fourth-order valence-corrected chi connectivity index (χ4v) is 3.31. The summed E-state index contributed by atoms with van der Waals surface area (Å²) in [5.41, 5.74) is 2.24. The summed E-state index contributed by atoms with van der Waals surface area (Å²) in [7, 11) is -1.25. The number of anilines is 2. The summed E-state index contributed by atoms with van der Waals surface area (Å²) in [5, 5.41) is 5.58. The molecule has 2 N–H and O–H groups in total. The summed E-state index contributed by atoms with van der Waals surface area (Å²) in [6.45, 7) is 5.42. The Morgan fingerprint density at radius 2 is 1.66 bits per heavy atom. The van der Waals surface area contributed by atoms with E-state index in [4.69, 9.17) is 4.84 Å². The normalized spacial score (nSPS) is 11.6. The second kappa shape index (κ2) is 9.17. The zero-order valence-corrected chi connectivity index (χ0v) is 17.8. The lowest BCUT2D eigenvalue weighted by Gasteiger charge is -2.15. The zero-order valence-electron chi connectivity index (χ0n) is 17.0. The maximum atomic E-state index is 12.6. The second-order valence-electron chi connectivity index (χ2n) is 6.75. The standard InChI is InChI=1S/C20H25N3O5S/c1-13(2)19(24)21-16-9-6-14(3)18(12-16)22-20(25)15-7-10-17(11-8-15)29(26,27)23(4)28-5/h6-13H,1-5H3,(H,21,24)(H,22,25). The number of nitrogens with one attached hydrogen (secondary N) is 2. The molecule has 0 aliphatic carbocycles. The molecule has 0 heterocycles. The summed E-state index contributed by atoms with van der Waals surface area (Å²) in [6.07, 6.45) is 0. The van der Waals surface area contributed by atoms with Gasteiger partial charge in [-0.05, 0) is 48.9 Å². The number of benzene rings is 2. The second-order valence-corrected chi connectivity index (χ2v) is 8.69. The van der Waals surface area contributed by atoms with Gasteiger partial charge in [0.05, 0.1) is 12.0 Å². The number of aryl methyl sites for hydroxylation is 1. The van der Waals surface area contributed by atoms with Gasteiger partial charge >= 0.3 is 0 Å². The van der Waals surface area contributed by atoms with Crippen molar-refractivity contribution in [3.05, 3.63) is 53.6 Å². The summed E-state index contributed by atoms with van der Waals surface area (Å²) in [5.74, 6) is -0.685. The van der Waals surface area contributed by atoms with E-state index < -0.39 is 15.9 Å². The number of hydroxylamine groups is 1. The van der Waals surface area contributed by atoms with E-state index in [0.29, 0.717) is 16.9 Å². The van der Waals surface area contributed by atoms with Gasteiger partial charge in [-0.15, -0.1) is 0 Å². The number of rotatable bonds is 7. The van der Waals surface area contributed by atoms with Gasteiger partial charge in [0, 0.05) is 29.9 Å². The average Bonchev–Trinajstić information content (AvgIpc) is 2.69. The molecule has 0 unspecified atom stereocenters. The van der Waals surface area contributed by atoms with Gasteiger partial charge in [0.1, 0.15) is 0 Å². The van der Waals surface area contributed by atoms with Crippen LogP contribution in [-0.2, 0) is 19.7 Å². The lowest BCUT2D eigenvalue weighted by atomic mass is 10.1. The molecule has 2 amide bonds. The molecule has 0 atom stereocenters. The van der Waals surface area contributed by atoms with Crippen molar-refractivity contribution in [2.75, 3.05) is 24.8 Å². The summed E-state index contributed by atoms with van der Waals surface area (Å²) in [4.78, 5) is 29.2. The molecule has 0 aliphatic rings. The molecule has 8 nitrogen and oxygen atoms in total. The first-order valence-corrected chi connectivity index (χ1v) is 10.4. The first-order valence-electron chi connectivity index (χ1n) is 8.92. The molecule has 0 fully saturated rings. The number of amides is 2. The lowest BCUT2D eigenvalue weighted by Crippen LogP contribution is -2.25. The number of hydrogen-bond donors (Lipinski definition) is 2. The monoisotopic (exact) mass is 419 g/mol. The van der Waals surface area contributed by atoms with E-state index in [9.17, 15) is 18.0 Å². The van der Waals surface area contributed by atoms with E-state index in [1.54, 1.807) is 32.0 Å². The molecule has 2 aromatic carbocycles. The van der Waals surface area contributed by atoms with Gasteiger partial charge in [0.2, 0.25) is 5.91 Å². The summed E-state index contributed by atoms with van der Waals surface area (Å²) in [6, 6.07) is 10.8. The Balaban J connectivity index is 2.19. The van der Waals surface area contributed by atoms with Crippen LogP contribution in [0.2, 0.25) is 0 Å². The van der Waals surface area contributed by atoms with Gasteiger partial charge in [-0.1, -0.05) is 24.4 Å². The molecule has 2 aromatic rings. The number of carbonyl (C=O) groups excluding carboxylic acids is 2. The quantitative estimate of drug-likeness (QED) is 0.671. The largest absolute Gasteiger partial charge is 0.326 e. The molecular formula is C20H25N3O5S. The predicted molar refractivity (Wildman–Crippen MR) is 111 cm³/mol. The number of hydrogen-bond acceptors (Lipinski definition) is 5. The van der Waals surface area contributed by atoms with Crippen molar-refractivity contribution in [1.82, 2.24) is 4.47 Å². The van der Waals surface area contributed by atoms with Crippen molar-refractivity contribution in [3.63, 3.8) is 0 Å². The SMILES string of the molecule is CON(C)S(=O)(=O)c1ccc(C(=O)Nc2cc(NC(=O)C(C)C)ccc2C)cc1. The topological polar surface area (TPSA) is 105 Å². The molecule has 0 saturated heterocycles. The molecule has 156 valence electrons. The Morgan fingerprint density at radius 1 is 1.03 bits per heavy atom. The van der Waals surface area contributed by atoms with Crippen molar-refractivity contribution < 1.29 is 22.8 Å². The Morgan fingerprint density at radius 3 is 2.21 bits per heavy atom. The van der Waals surface area contributed by atoms with Crippen molar-refractivity contribution in [1.29, 1.82) is 0 Å². The van der Waals surface area contributed by atoms with E-state index in [-0.39, 0.29) is 16.7 Å². The number of carbonyl (C=O) groups is 2. The van der Waals surface area contributed by atoms with E-state index in [2.05, 4.69) is 10.6 Å². The predicted octanol–water partition coefficient (Wildman–Crippen LogP) is 3.02. The minimum Gasteiger partial charge on any atom is -0.326 e. The van der Waals surface area contributed by atoms with Crippen LogP contribution in [0, 0.1) is 12.8 Å². The molecule has 9 heteroatoms. The molecular weight excluding hydrogens is 394 g/mol. The first kappa shape index (κ1) is 22.5. The summed E-state index contributed by atoms with van der Waals surface area (Å²) < 4.78 is 25.2. The maximum Gasteiger partial charge on any atom is 0.264 e. The third-order valence-electron chi connectivity index (χ3n) is 4.29. The van der Waals surface area contributed by atoms with Crippen LogP contribution in [0.25, 0.3) is 0 Å². The maximum absolute atomic E-state index is 12.6. The Kier molecular flexibility index (Phi) is 7.12. The van der Waals surface area contributed by atoms with Crippen LogP contribution < -0.4 is 10.6 Å². The third-order valence-corrected chi connectivity index (χ3v) is 5.98. The number of sulfonamides is 1. The third kappa shape index (κ3) is 5.41. The zero-order chi connectivity index (χ0) is 21.8. The van der Waals surface area contributed by atoms with Gasteiger partial charge in [-0.25, -0.2) is 8.42 Å². The van der Waals surface area contributed by atoms with Gasteiger partial charge in [0.25, 0.3) is 15.9 Å². The first-order chi connectivity index (χ1) is 13.6. The smallest absolute Gasteiger partial charge is 0.264 e. The molecule has 0 saturated carbocycles. The van der Waals surface area contributed by atoms with E-state index in [1.807, 2.05) is 6.92 Å². The highest BCUT2D eigenvalue weighted by Crippen LogP contribution is 2.22.